The van der Waals surface area contributed by atoms with Gasteiger partial charge in [0.2, 0.25) is 0 Å². The largest absolute Gasteiger partial charge is 0.496 e. The number of aliphatic hydroxyl groups is 1. The molecule has 1 aliphatic heterocycles. The van der Waals surface area contributed by atoms with Gasteiger partial charge in [0.15, 0.2) is 12.4 Å². The molecule has 0 fully saturated rings. The molecular weight excluding hydrogens is 422 g/mol. The maximum absolute atomic E-state index is 12.8. The van der Waals surface area contributed by atoms with E-state index in [9.17, 15) is 14.7 Å². The molecule has 0 saturated carbocycles. The summed E-state index contributed by atoms with van der Waals surface area (Å²) in [4.78, 5) is 26.8. The molecule has 3 aromatic rings. The number of amides is 1. The third-order valence-electron chi connectivity index (χ3n) is 5.66. The molecule has 1 aliphatic rings. The summed E-state index contributed by atoms with van der Waals surface area (Å²) in [5, 5.41) is 10.7. The molecule has 4 rings (SSSR count). The summed E-state index contributed by atoms with van der Waals surface area (Å²) in [6.07, 6.45) is -0.897. The molecule has 0 saturated heterocycles. The molecule has 170 valence electrons. The lowest BCUT2D eigenvalue weighted by atomic mass is 9.95. The Morgan fingerprint density at radius 2 is 1.55 bits per heavy atom. The van der Waals surface area contributed by atoms with Gasteiger partial charge in [-0.3, -0.25) is 9.59 Å². The predicted molar refractivity (Wildman–Crippen MR) is 122 cm³/mol. The Bertz CT molecular complexity index is 1140. The van der Waals surface area contributed by atoms with Gasteiger partial charge in [0, 0.05) is 22.3 Å². The molecule has 33 heavy (non-hydrogen) atoms. The standard InChI is InChI=1S/C26H25NO6/c1-31-22-12-13-23(32-2)25-20(22)14-27(15-21(25)28)24(29)16-33-19-10-8-18(9-11-19)26(30)17-6-4-3-5-7-17/h3-13,21,28H,14-16H2,1-2H3/t21-/m0/s1. The fourth-order valence-corrected chi connectivity index (χ4v) is 3.96. The molecule has 7 heteroatoms. The number of aliphatic hydroxyl groups excluding tert-OH is 1. The minimum Gasteiger partial charge on any atom is -0.496 e. The second-order valence-corrected chi connectivity index (χ2v) is 7.66. The second-order valence-electron chi connectivity index (χ2n) is 7.66. The molecular formula is C26H25NO6. The highest BCUT2D eigenvalue weighted by atomic mass is 16.5. The van der Waals surface area contributed by atoms with Crippen LogP contribution in [0.25, 0.3) is 0 Å². The monoisotopic (exact) mass is 447 g/mol. The molecule has 0 aliphatic carbocycles. The van der Waals surface area contributed by atoms with Crippen LogP contribution in [0, 0.1) is 0 Å². The Labute approximate surface area is 192 Å². The van der Waals surface area contributed by atoms with Gasteiger partial charge in [0.05, 0.1) is 27.3 Å². The van der Waals surface area contributed by atoms with Crippen LogP contribution in [0.1, 0.15) is 33.2 Å². The lowest BCUT2D eigenvalue weighted by Crippen LogP contribution is -2.41. The number of hydrogen-bond acceptors (Lipinski definition) is 6. The van der Waals surface area contributed by atoms with E-state index in [4.69, 9.17) is 14.2 Å². The lowest BCUT2D eigenvalue weighted by Gasteiger charge is -2.34. The Balaban J connectivity index is 1.41. The third kappa shape index (κ3) is 4.68. The molecule has 0 bridgehead atoms. The number of carbonyl (C=O) groups excluding carboxylic acids is 2. The van der Waals surface area contributed by atoms with Gasteiger partial charge in [-0.15, -0.1) is 0 Å². The van der Waals surface area contributed by atoms with E-state index in [2.05, 4.69) is 0 Å². The topological polar surface area (TPSA) is 85.3 Å². The Hall–Kier alpha value is -3.84. The molecule has 0 radical (unpaired) electrons. The van der Waals surface area contributed by atoms with Crippen molar-refractivity contribution in [3.05, 3.63) is 89.0 Å². The van der Waals surface area contributed by atoms with Crippen molar-refractivity contribution in [1.82, 2.24) is 4.90 Å². The molecule has 1 N–H and O–H groups in total. The first-order chi connectivity index (χ1) is 16.0. The fraction of sp³-hybridized carbons (Fsp3) is 0.231. The van der Waals surface area contributed by atoms with Crippen LogP contribution >= 0.6 is 0 Å². The zero-order chi connectivity index (χ0) is 23.4. The number of β-amino-alcohol motifs (C(OH)–C–C–N with tert-alkyl or cyclic N) is 1. The number of benzene rings is 3. The van der Waals surface area contributed by atoms with E-state index >= 15 is 0 Å². The number of ether oxygens (including phenoxy) is 3. The van der Waals surface area contributed by atoms with Gasteiger partial charge in [0.25, 0.3) is 5.91 Å². The molecule has 0 unspecified atom stereocenters. The van der Waals surface area contributed by atoms with Gasteiger partial charge in [-0.1, -0.05) is 30.3 Å². The van der Waals surface area contributed by atoms with Crippen molar-refractivity contribution >= 4 is 11.7 Å². The quantitative estimate of drug-likeness (QED) is 0.559. The van der Waals surface area contributed by atoms with Crippen LogP contribution in [-0.2, 0) is 11.3 Å². The van der Waals surface area contributed by atoms with Crippen LogP contribution in [0.3, 0.4) is 0 Å². The maximum Gasteiger partial charge on any atom is 0.260 e. The van der Waals surface area contributed by atoms with Crippen molar-refractivity contribution in [1.29, 1.82) is 0 Å². The normalized spacial score (nSPS) is 14.9. The maximum atomic E-state index is 12.8. The molecule has 0 spiro atoms. The number of fused-ring (bicyclic) bond motifs is 1. The molecule has 1 atom stereocenters. The summed E-state index contributed by atoms with van der Waals surface area (Å²) in [7, 11) is 3.09. The summed E-state index contributed by atoms with van der Waals surface area (Å²) >= 11 is 0. The van der Waals surface area contributed by atoms with Gasteiger partial charge in [-0.2, -0.15) is 0 Å². The van der Waals surface area contributed by atoms with Crippen molar-refractivity contribution in [2.24, 2.45) is 0 Å². The minimum absolute atomic E-state index is 0.0800. The molecule has 1 amide bonds. The summed E-state index contributed by atoms with van der Waals surface area (Å²) in [6, 6.07) is 19.2. The zero-order valence-electron chi connectivity index (χ0n) is 18.5. The van der Waals surface area contributed by atoms with Crippen LogP contribution in [0.15, 0.2) is 66.7 Å². The summed E-state index contributed by atoms with van der Waals surface area (Å²) < 4.78 is 16.4. The average Bonchev–Trinajstić information content (AvgIpc) is 2.86. The van der Waals surface area contributed by atoms with E-state index in [1.165, 1.54) is 4.90 Å². The number of ketones is 1. The van der Waals surface area contributed by atoms with Gasteiger partial charge < -0.3 is 24.2 Å². The van der Waals surface area contributed by atoms with Gasteiger partial charge >= 0.3 is 0 Å². The van der Waals surface area contributed by atoms with Crippen LogP contribution in [0.2, 0.25) is 0 Å². The minimum atomic E-state index is -0.897. The second kappa shape index (κ2) is 9.75. The van der Waals surface area contributed by atoms with Gasteiger partial charge in [-0.05, 0) is 36.4 Å². The van der Waals surface area contributed by atoms with E-state index < -0.39 is 6.10 Å². The van der Waals surface area contributed by atoms with Crippen molar-refractivity contribution in [3.8, 4) is 17.2 Å². The smallest absolute Gasteiger partial charge is 0.260 e. The van der Waals surface area contributed by atoms with E-state index in [0.717, 1.165) is 0 Å². The first kappa shape index (κ1) is 22.4. The van der Waals surface area contributed by atoms with Gasteiger partial charge in [0.1, 0.15) is 23.4 Å². The number of methoxy groups -OCH3 is 2. The van der Waals surface area contributed by atoms with Crippen molar-refractivity contribution in [3.63, 3.8) is 0 Å². The highest BCUT2D eigenvalue weighted by Gasteiger charge is 2.32. The first-order valence-electron chi connectivity index (χ1n) is 10.5. The van der Waals surface area contributed by atoms with E-state index in [0.29, 0.717) is 39.5 Å². The SMILES string of the molecule is COc1ccc(OC)c2c1CN(C(=O)COc1ccc(C(=O)c3ccccc3)cc1)C[C@@H]2O. The van der Waals surface area contributed by atoms with Crippen molar-refractivity contribution in [2.75, 3.05) is 27.4 Å². The van der Waals surface area contributed by atoms with Crippen LogP contribution in [-0.4, -0.2) is 49.1 Å². The molecule has 0 aromatic heterocycles. The zero-order valence-corrected chi connectivity index (χ0v) is 18.5. The van der Waals surface area contributed by atoms with Crippen LogP contribution < -0.4 is 14.2 Å². The predicted octanol–water partition coefficient (Wildman–Crippen LogP) is 3.39. The number of nitrogens with zero attached hydrogens (tertiary/aromatic N) is 1. The first-order valence-corrected chi connectivity index (χ1v) is 10.5. The summed E-state index contributed by atoms with van der Waals surface area (Å²) in [5.41, 5.74) is 2.50. The molecule has 1 heterocycles. The Kier molecular flexibility index (Phi) is 6.60. The Morgan fingerprint density at radius 1 is 0.909 bits per heavy atom. The molecule has 3 aromatic carbocycles. The van der Waals surface area contributed by atoms with E-state index in [-0.39, 0.29) is 31.4 Å². The van der Waals surface area contributed by atoms with Crippen LogP contribution in [0.5, 0.6) is 17.2 Å². The number of rotatable bonds is 7. The third-order valence-corrected chi connectivity index (χ3v) is 5.66. The Morgan fingerprint density at radius 3 is 2.21 bits per heavy atom. The van der Waals surface area contributed by atoms with E-state index in [1.807, 2.05) is 18.2 Å². The highest BCUT2D eigenvalue weighted by molar-refractivity contribution is 6.09. The number of carbonyl (C=O) groups is 2. The molecule has 7 nitrogen and oxygen atoms in total. The van der Waals surface area contributed by atoms with E-state index in [1.54, 1.807) is 62.8 Å². The summed E-state index contributed by atoms with van der Waals surface area (Å²) in [5.74, 6) is 1.27. The fourth-order valence-electron chi connectivity index (χ4n) is 3.96. The average molecular weight is 447 g/mol. The van der Waals surface area contributed by atoms with Gasteiger partial charge in [-0.25, -0.2) is 0 Å². The van der Waals surface area contributed by atoms with Crippen molar-refractivity contribution in [2.45, 2.75) is 12.6 Å². The summed E-state index contributed by atoms with van der Waals surface area (Å²) in [6.45, 7) is 0.211. The lowest BCUT2D eigenvalue weighted by molar-refractivity contribution is -0.136. The highest BCUT2D eigenvalue weighted by Crippen LogP contribution is 2.39. The van der Waals surface area contributed by atoms with Crippen molar-refractivity contribution < 1.29 is 28.9 Å². The number of hydrogen-bond donors (Lipinski definition) is 1. The van der Waals surface area contributed by atoms with Crippen LogP contribution in [0.4, 0.5) is 0 Å².